The molecule has 17 heavy (non-hydrogen) atoms. The van der Waals surface area contributed by atoms with Crippen molar-refractivity contribution in [2.24, 2.45) is 5.73 Å². The van der Waals surface area contributed by atoms with Crippen molar-refractivity contribution in [3.63, 3.8) is 0 Å². The van der Waals surface area contributed by atoms with Crippen LogP contribution in [0.3, 0.4) is 0 Å². The van der Waals surface area contributed by atoms with E-state index in [1.807, 2.05) is 22.7 Å². The van der Waals surface area contributed by atoms with Crippen LogP contribution in [0.5, 0.6) is 0 Å². The van der Waals surface area contributed by atoms with E-state index in [-0.39, 0.29) is 11.5 Å². The van der Waals surface area contributed by atoms with Crippen molar-refractivity contribution in [1.29, 1.82) is 0 Å². The van der Waals surface area contributed by atoms with Crippen LogP contribution in [0, 0.1) is 0 Å². The molecule has 1 fully saturated rings. The molecule has 5 nitrogen and oxygen atoms in total. The average molecular weight is 297 g/mol. The van der Waals surface area contributed by atoms with Gasteiger partial charge in [0.05, 0.1) is 18.6 Å². The highest BCUT2D eigenvalue weighted by Gasteiger charge is 2.43. The predicted octanol–water partition coefficient (Wildman–Crippen LogP) is 1.11. The van der Waals surface area contributed by atoms with Gasteiger partial charge in [-0.15, -0.1) is 10.2 Å². The molecule has 3 rings (SSSR count). The van der Waals surface area contributed by atoms with E-state index in [2.05, 4.69) is 33.1 Å². The van der Waals surface area contributed by atoms with Crippen LogP contribution in [0.15, 0.2) is 22.8 Å². The van der Waals surface area contributed by atoms with Crippen LogP contribution in [0.2, 0.25) is 0 Å². The lowest BCUT2D eigenvalue weighted by atomic mass is 9.85. The molecular weight excluding hydrogens is 284 g/mol. The molecule has 2 atom stereocenters. The van der Waals surface area contributed by atoms with E-state index in [0.717, 1.165) is 15.9 Å². The third-order valence-corrected chi connectivity index (χ3v) is 3.86. The molecule has 2 aromatic rings. The topological polar surface area (TPSA) is 65.4 Å². The van der Waals surface area contributed by atoms with Gasteiger partial charge in [-0.25, -0.2) is 0 Å². The summed E-state index contributed by atoms with van der Waals surface area (Å²) >= 11 is 3.45. The average Bonchev–Trinajstić information content (AvgIpc) is 2.84. The first kappa shape index (κ1) is 11.1. The third kappa shape index (κ3) is 1.59. The lowest BCUT2D eigenvalue weighted by molar-refractivity contribution is 0.178. The maximum atomic E-state index is 6.12. The van der Waals surface area contributed by atoms with E-state index in [1.54, 1.807) is 0 Å². The highest BCUT2D eigenvalue weighted by atomic mass is 79.9. The molecule has 0 saturated carbocycles. The van der Waals surface area contributed by atoms with Crippen molar-refractivity contribution in [2.45, 2.75) is 18.4 Å². The lowest BCUT2D eigenvalue weighted by Gasteiger charge is -2.24. The van der Waals surface area contributed by atoms with Gasteiger partial charge < -0.3 is 10.5 Å². The summed E-state index contributed by atoms with van der Waals surface area (Å²) in [5.74, 6) is 0.860. The maximum absolute atomic E-state index is 6.12. The van der Waals surface area contributed by atoms with Crippen LogP contribution in [-0.2, 0) is 10.2 Å². The number of nitrogens with two attached hydrogens (primary N) is 1. The van der Waals surface area contributed by atoms with Gasteiger partial charge in [-0.2, -0.15) is 0 Å². The van der Waals surface area contributed by atoms with Gasteiger partial charge in [-0.3, -0.25) is 4.40 Å². The Balaban J connectivity index is 2.20. The normalized spacial score (nSPS) is 29.0. The summed E-state index contributed by atoms with van der Waals surface area (Å²) in [6.45, 7) is 3.23. The second-order valence-corrected chi connectivity index (χ2v) is 5.55. The van der Waals surface area contributed by atoms with Crippen LogP contribution in [0.1, 0.15) is 12.7 Å². The van der Waals surface area contributed by atoms with E-state index >= 15 is 0 Å². The largest absolute Gasteiger partial charge is 0.379 e. The fourth-order valence-corrected chi connectivity index (χ4v) is 2.51. The molecule has 1 aliphatic rings. The minimum atomic E-state index is -0.278. The number of fused-ring (bicyclic) bond motifs is 1. The van der Waals surface area contributed by atoms with E-state index in [0.29, 0.717) is 13.2 Å². The molecule has 2 aromatic heterocycles. The first-order valence-corrected chi connectivity index (χ1v) is 6.25. The molecule has 0 amide bonds. The minimum absolute atomic E-state index is 0.0473. The summed E-state index contributed by atoms with van der Waals surface area (Å²) in [6, 6.07) is 3.82. The summed E-state index contributed by atoms with van der Waals surface area (Å²) in [7, 11) is 0. The number of rotatable bonds is 1. The number of nitrogens with zero attached hydrogens (tertiary/aromatic N) is 3. The molecule has 0 spiro atoms. The second kappa shape index (κ2) is 3.76. The molecule has 0 aliphatic carbocycles. The van der Waals surface area contributed by atoms with Crippen molar-refractivity contribution < 1.29 is 4.74 Å². The van der Waals surface area contributed by atoms with Crippen LogP contribution in [0.4, 0.5) is 0 Å². The van der Waals surface area contributed by atoms with E-state index in [4.69, 9.17) is 10.5 Å². The molecular formula is C11H13BrN4O. The molecule has 0 bridgehead atoms. The number of ether oxygens (including phenoxy) is 1. The number of aromatic nitrogens is 3. The number of hydrogen-bond donors (Lipinski definition) is 1. The van der Waals surface area contributed by atoms with Crippen LogP contribution in [-0.4, -0.2) is 33.9 Å². The SMILES string of the molecule is CC1(c2nnc3ccc(Br)cn23)COCC1N. The van der Waals surface area contributed by atoms with Gasteiger partial charge in [0.2, 0.25) is 0 Å². The van der Waals surface area contributed by atoms with Crippen LogP contribution >= 0.6 is 15.9 Å². The first-order valence-electron chi connectivity index (χ1n) is 5.45. The Hall–Kier alpha value is -0.980. The van der Waals surface area contributed by atoms with E-state index in [9.17, 15) is 0 Å². The van der Waals surface area contributed by atoms with Gasteiger partial charge in [-0.1, -0.05) is 0 Å². The Labute approximate surface area is 107 Å². The predicted molar refractivity (Wildman–Crippen MR) is 66.8 cm³/mol. The van der Waals surface area contributed by atoms with Crippen LogP contribution < -0.4 is 5.73 Å². The van der Waals surface area contributed by atoms with E-state index in [1.165, 1.54) is 0 Å². The molecule has 1 aliphatic heterocycles. The van der Waals surface area contributed by atoms with Gasteiger partial charge in [0.25, 0.3) is 0 Å². The summed E-state index contributed by atoms with van der Waals surface area (Å²) < 4.78 is 8.42. The summed E-state index contributed by atoms with van der Waals surface area (Å²) in [5.41, 5.74) is 6.66. The van der Waals surface area contributed by atoms with Crippen molar-refractivity contribution in [3.05, 3.63) is 28.6 Å². The van der Waals surface area contributed by atoms with Gasteiger partial charge >= 0.3 is 0 Å². The molecule has 0 aromatic carbocycles. The van der Waals surface area contributed by atoms with Crippen molar-refractivity contribution in [3.8, 4) is 0 Å². The van der Waals surface area contributed by atoms with E-state index < -0.39 is 0 Å². The first-order chi connectivity index (χ1) is 8.11. The molecule has 2 unspecified atom stereocenters. The van der Waals surface area contributed by atoms with Crippen molar-refractivity contribution in [2.75, 3.05) is 13.2 Å². The van der Waals surface area contributed by atoms with Gasteiger partial charge in [0.1, 0.15) is 5.82 Å². The minimum Gasteiger partial charge on any atom is -0.379 e. The Morgan fingerprint density at radius 3 is 3.06 bits per heavy atom. The van der Waals surface area contributed by atoms with Crippen molar-refractivity contribution >= 4 is 21.6 Å². The molecule has 1 saturated heterocycles. The zero-order chi connectivity index (χ0) is 12.0. The summed E-state index contributed by atoms with van der Waals surface area (Å²) in [4.78, 5) is 0. The number of hydrogen-bond acceptors (Lipinski definition) is 4. The maximum Gasteiger partial charge on any atom is 0.160 e. The Morgan fingerprint density at radius 2 is 2.35 bits per heavy atom. The van der Waals surface area contributed by atoms with Gasteiger partial charge in [0, 0.05) is 16.7 Å². The van der Waals surface area contributed by atoms with Crippen LogP contribution in [0.25, 0.3) is 5.65 Å². The quantitative estimate of drug-likeness (QED) is 0.856. The molecule has 6 heteroatoms. The molecule has 0 radical (unpaired) electrons. The van der Waals surface area contributed by atoms with Crippen molar-refractivity contribution in [1.82, 2.24) is 14.6 Å². The zero-order valence-electron chi connectivity index (χ0n) is 9.43. The molecule has 2 N–H and O–H groups in total. The van der Waals surface area contributed by atoms with Gasteiger partial charge in [0.15, 0.2) is 5.65 Å². The highest BCUT2D eigenvalue weighted by molar-refractivity contribution is 9.10. The molecule has 90 valence electrons. The number of halogens is 1. The van der Waals surface area contributed by atoms with Gasteiger partial charge in [-0.05, 0) is 35.0 Å². The Kier molecular flexibility index (Phi) is 2.46. The fraction of sp³-hybridized carbons (Fsp3) is 0.455. The Morgan fingerprint density at radius 1 is 1.53 bits per heavy atom. The highest BCUT2D eigenvalue weighted by Crippen LogP contribution is 2.31. The Bertz CT molecular complexity index is 570. The smallest absolute Gasteiger partial charge is 0.160 e. The zero-order valence-corrected chi connectivity index (χ0v) is 11.0. The second-order valence-electron chi connectivity index (χ2n) is 4.64. The summed E-state index contributed by atoms with van der Waals surface area (Å²) in [6.07, 6.45) is 1.96. The standard InChI is InChI=1S/C11H13BrN4O/c1-11(6-17-5-8(11)13)10-15-14-9-3-2-7(12)4-16(9)10/h2-4,8H,5-6,13H2,1H3. The molecule has 3 heterocycles. The fourth-order valence-electron chi connectivity index (χ4n) is 2.17. The summed E-state index contributed by atoms with van der Waals surface area (Å²) in [5, 5.41) is 8.44. The number of pyridine rings is 1. The monoisotopic (exact) mass is 296 g/mol. The third-order valence-electron chi connectivity index (χ3n) is 3.39. The lowest BCUT2D eigenvalue weighted by Crippen LogP contribution is -2.43.